The molecule has 0 radical (unpaired) electrons. The Kier molecular flexibility index (Phi) is 11.3. The average Bonchev–Trinajstić information content (AvgIpc) is 2.76. The molecule has 2 rings (SSSR count). The molecule has 0 aliphatic heterocycles. The molecule has 0 atom stereocenters. The van der Waals surface area contributed by atoms with Crippen LogP contribution in [0.3, 0.4) is 0 Å². The number of halogens is 2. The fraction of sp³-hybridized carbons (Fsp3) is 0.600. The van der Waals surface area contributed by atoms with Crippen LogP contribution >= 0.6 is 0 Å². The predicted molar refractivity (Wildman–Crippen MR) is 119 cm³/mol. The van der Waals surface area contributed by atoms with Crippen LogP contribution in [0.25, 0.3) is 11.4 Å². The predicted octanol–water partition coefficient (Wildman–Crippen LogP) is 7.67. The lowest BCUT2D eigenvalue weighted by molar-refractivity contribution is 0.285. The van der Waals surface area contributed by atoms with E-state index < -0.39 is 11.6 Å². The third kappa shape index (κ3) is 8.00. The largest absolute Gasteiger partial charge is 0.490 e. The molecule has 2 aromatic rings. The number of aryl methyl sites for hydroxylation is 1. The summed E-state index contributed by atoms with van der Waals surface area (Å²) < 4.78 is 34.4. The summed E-state index contributed by atoms with van der Waals surface area (Å²) in [5, 5.41) is 0. The first-order valence-corrected chi connectivity index (χ1v) is 11.6. The molecule has 0 fully saturated rings. The van der Waals surface area contributed by atoms with Gasteiger partial charge >= 0.3 is 0 Å². The number of ether oxygens (including phenoxy) is 1. The Morgan fingerprint density at radius 2 is 1.33 bits per heavy atom. The van der Waals surface area contributed by atoms with E-state index in [1.807, 2.05) is 0 Å². The van der Waals surface area contributed by atoms with Crippen LogP contribution in [0.4, 0.5) is 8.78 Å². The lowest BCUT2D eigenvalue weighted by atomic mass is 10.1. The van der Waals surface area contributed by atoms with Gasteiger partial charge in [-0.1, -0.05) is 71.6 Å². The summed E-state index contributed by atoms with van der Waals surface area (Å²) in [5.74, 6) is -1.78. The number of benzene rings is 1. The summed E-state index contributed by atoms with van der Waals surface area (Å²) >= 11 is 0. The summed E-state index contributed by atoms with van der Waals surface area (Å²) in [6.45, 7) is 4.76. The number of unbranched alkanes of at least 4 members (excludes halogenated alkanes) is 9. The van der Waals surface area contributed by atoms with E-state index >= 15 is 0 Å². The maximum absolute atomic E-state index is 14.5. The Labute approximate surface area is 180 Å². The summed E-state index contributed by atoms with van der Waals surface area (Å²) in [6, 6.07) is 2.96. The zero-order chi connectivity index (χ0) is 21.6. The molecule has 166 valence electrons. The van der Waals surface area contributed by atoms with Crippen molar-refractivity contribution in [2.75, 3.05) is 6.61 Å². The molecule has 5 heteroatoms. The Bertz CT molecular complexity index is 735. The Balaban J connectivity index is 1.87. The fourth-order valence-corrected chi connectivity index (χ4v) is 3.44. The van der Waals surface area contributed by atoms with Crippen molar-refractivity contribution in [3.8, 4) is 17.1 Å². The van der Waals surface area contributed by atoms with Gasteiger partial charge < -0.3 is 4.74 Å². The highest BCUT2D eigenvalue weighted by Gasteiger charge is 2.17. The fourth-order valence-electron chi connectivity index (χ4n) is 3.44. The van der Waals surface area contributed by atoms with Crippen LogP contribution < -0.4 is 4.74 Å². The Morgan fingerprint density at radius 1 is 0.733 bits per heavy atom. The van der Waals surface area contributed by atoms with Crippen LogP contribution in [0.2, 0.25) is 0 Å². The SMILES string of the molecule is CCCCCCCCc1cnc(-c2ccc(OCCCCCCC)c(F)c2F)nc1. The van der Waals surface area contributed by atoms with Gasteiger partial charge in [-0.15, -0.1) is 0 Å². The number of hydrogen-bond donors (Lipinski definition) is 0. The van der Waals surface area contributed by atoms with Gasteiger partial charge in [-0.25, -0.2) is 14.4 Å². The van der Waals surface area contributed by atoms with Gasteiger partial charge in [-0.05, 0) is 37.0 Å². The second-order valence-corrected chi connectivity index (χ2v) is 7.93. The molecular formula is C25H36F2N2O. The molecular weight excluding hydrogens is 382 g/mol. The molecule has 1 aromatic carbocycles. The zero-order valence-corrected chi connectivity index (χ0v) is 18.6. The molecule has 0 unspecified atom stereocenters. The minimum absolute atomic E-state index is 0.0496. The second-order valence-electron chi connectivity index (χ2n) is 7.93. The second kappa shape index (κ2) is 14.1. The van der Waals surface area contributed by atoms with Crippen LogP contribution in [0.1, 0.15) is 90.0 Å². The molecule has 0 N–H and O–H groups in total. The van der Waals surface area contributed by atoms with Crippen molar-refractivity contribution in [3.63, 3.8) is 0 Å². The molecule has 1 aromatic heterocycles. The summed E-state index contributed by atoms with van der Waals surface area (Å²) in [6.07, 6.45) is 17.1. The van der Waals surface area contributed by atoms with Crippen LogP contribution in [-0.2, 0) is 6.42 Å². The molecule has 3 nitrogen and oxygen atoms in total. The first kappa shape index (κ1) is 24.2. The van der Waals surface area contributed by atoms with Crippen molar-refractivity contribution in [3.05, 3.63) is 41.7 Å². The smallest absolute Gasteiger partial charge is 0.201 e. The number of aromatic nitrogens is 2. The van der Waals surface area contributed by atoms with Gasteiger partial charge in [0.1, 0.15) is 0 Å². The first-order valence-electron chi connectivity index (χ1n) is 11.6. The summed E-state index contributed by atoms with van der Waals surface area (Å²) in [5.41, 5.74) is 1.09. The minimum Gasteiger partial charge on any atom is -0.490 e. The maximum atomic E-state index is 14.5. The third-order valence-electron chi connectivity index (χ3n) is 5.32. The van der Waals surface area contributed by atoms with Crippen molar-refractivity contribution < 1.29 is 13.5 Å². The van der Waals surface area contributed by atoms with Crippen molar-refractivity contribution in [2.24, 2.45) is 0 Å². The van der Waals surface area contributed by atoms with Crippen molar-refractivity contribution in [2.45, 2.75) is 90.9 Å². The van der Waals surface area contributed by atoms with Gasteiger partial charge in [0.2, 0.25) is 5.82 Å². The highest BCUT2D eigenvalue weighted by Crippen LogP contribution is 2.28. The van der Waals surface area contributed by atoms with Gasteiger partial charge in [0.25, 0.3) is 0 Å². The number of nitrogens with zero attached hydrogens (tertiary/aromatic N) is 2. The van der Waals surface area contributed by atoms with Gasteiger partial charge in [-0.2, -0.15) is 4.39 Å². The molecule has 0 aliphatic carbocycles. The highest BCUT2D eigenvalue weighted by molar-refractivity contribution is 5.57. The van der Waals surface area contributed by atoms with Crippen LogP contribution in [-0.4, -0.2) is 16.6 Å². The van der Waals surface area contributed by atoms with Crippen molar-refractivity contribution >= 4 is 0 Å². The Morgan fingerprint density at radius 3 is 2.00 bits per heavy atom. The lowest BCUT2D eigenvalue weighted by Gasteiger charge is -2.10. The molecule has 1 heterocycles. The van der Waals surface area contributed by atoms with Crippen molar-refractivity contribution in [1.29, 1.82) is 0 Å². The van der Waals surface area contributed by atoms with E-state index in [4.69, 9.17) is 4.74 Å². The van der Waals surface area contributed by atoms with Gasteiger partial charge in [0, 0.05) is 12.4 Å². The quantitative estimate of drug-likeness (QED) is 0.278. The number of rotatable bonds is 15. The van der Waals surface area contributed by atoms with E-state index in [1.54, 1.807) is 12.4 Å². The van der Waals surface area contributed by atoms with Gasteiger partial charge in [0.15, 0.2) is 17.4 Å². The third-order valence-corrected chi connectivity index (χ3v) is 5.32. The molecule has 0 saturated heterocycles. The van der Waals surface area contributed by atoms with E-state index in [9.17, 15) is 8.78 Å². The number of hydrogen-bond acceptors (Lipinski definition) is 3. The van der Waals surface area contributed by atoms with E-state index in [2.05, 4.69) is 23.8 Å². The van der Waals surface area contributed by atoms with Crippen LogP contribution in [0.15, 0.2) is 24.5 Å². The molecule has 0 amide bonds. The lowest BCUT2D eigenvalue weighted by Crippen LogP contribution is -2.03. The van der Waals surface area contributed by atoms with E-state index in [1.165, 1.54) is 57.1 Å². The molecule has 0 aliphatic rings. The monoisotopic (exact) mass is 418 g/mol. The van der Waals surface area contributed by atoms with Gasteiger partial charge in [0.05, 0.1) is 12.2 Å². The molecule has 30 heavy (non-hydrogen) atoms. The minimum atomic E-state index is -0.971. The van der Waals surface area contributed by atoms with Crippen LogP contribution in [0.5, 0.6) is 5.75 Å². The molecule has 0 spiro atoms. The topological polar surface area (TPSA) is 35.0 Å². The van der Waals surface area contributed by atoms with Crippen LogP contribution in [0, 0.1) is 11.6 Å². The van der Waals surface area contributed by atoms with Crippen molar-refractivity contribution in [1.82, 2.24) is 9.97 Å². The summed E-state index contributed by atoms with van der Waals surface area (Å²) in [4.78, 5) is 8.51. The highest BCUT2D eigenvalue weighted by atomic mass is 19.2. The zero-order valence-electron chi connectivity index (χ0n) is 18.6. The normalized spacial score (nSPS) is 11.1. The van der Waals surface area contributed by atoms with E-state index in [-0.39, 0.29) is 17.1 Å². The standard InChI is InChI=1S/C25H36F2N2O/c1-3-5-7-9-10-12-14-20-18-28-25(29-19-20)21-15-16-22(24(27)23(21)26)30-17-13-11-8-6-4-2/h15-16,18-19H,3-14,17H2,1-2H3. The van der Waals surface area contributed by atoms with E-state index in [0.717, 1.165) is 37.7 Å². The molecule has 0 bridgehead atoms. The average molecular weight is 419 g/mol. The van der Waals surface area contributed by atoms with Gasteiger partial charge in [-0.3, -0.25) is 0 Å². The van der Waals surface area contributed by atoms with E-state index in [0.29, 0.717) is 6.61 Å². The molecule has 0 saturated carbocycles. The Hall–Kier alpha value is -2.04. The maximum Gasteiger partial charge on any atom is 0.201 e. The first-order chi connectivity index (χ1) is 14.7. The summed E-state index contributed by atoms with van der Waals surface area (Å²) in [7, 11) is 0.